The molecule has 132 valence electrons. The Morgan fingerprint density at radius 3 is 3.16 bits per heavy atom. The van der Waals surface area contributed by atoms with E-state index >= 15 is 0 Å². The molecule has 8 heteroatoms. The highest BCUT2D eigenvalue weighted by molar-refractivity contribution is 8.01. The molecular formula is C17H19N3O3S2. The second kappa shape index (κ2) is 6.17. The van der Waals surface area contributed by atoms with E-state index in [1.165, 1.54) is 11.3 Å². The summed E-state index contributed by atoms with van der Waals surface area (Å²) in [5.74, 6) is 1.34. The van der Waals surface area contributed by atoms with Crippen LogP contribution in [0.2, 0.25) is 0 Å². The van der Waals surface area contributed by atoms with Gasteiger partial charge in [-0.05, 0) is 38.5 Å². The fourth-order valence-electron chi connectivity index (χ4n) is 3.42. The van der Waals surface area contributed by atoms with Gasteiger partial charge < -0.3 is 15.0 Å². The second-order valence-electron chi connectivity index (χ2n) is 6.34. The minimum absolute atomic E-state index is 0.0679. The van der Waals surface area contributed by atoms with Gasteiger partial charge in [0.15, 0.2) is 5.13 Å². The Labute approximate surface area is 153 Å². The maximum Gasteiger partial charge on any atom is 0.249 e. The molecule has 2 atom stereocenters. The lowest BCUT2D eigenvalue weighted by Gasteiger charge is -2.29. The number of rotatable bonds is 4. The Morgan fingerprint density at radius 2 is 2.36 bits per heavy atom. The highest BCUT2D eigenvalue weighted by Gasteiger charge is 2.52. The zero-order valence-corrected chi connectivity index (χ0v) is 15.7. The van der Waals surface area contributed by atoms with Gasteiger partial charge in [-0.3, -0.25) is 9.59 Å². The predicted molar refractivity (Wildman–Crippen MR) is 100 cm³/mol. The van der Waals surface area contributed by atoms with Crippen LogP contribution in [0.3, 0.4) is 0 Å². The van der Waals surface area contributed by atoms with Crippen molar-refractivity contribution in [3.8, 4) is 5.75 Å². The van der Waals surface area contributed by atoms with E-state index in [4.69, 9.17) is 4.74 Å². The van der Waals surface area contributed by atoms with Crippen LogP contribution in [0.25, 0.3) is 10.2 Å². The minimum Gasteiger partial charge on any atom is -0.494 e. The third-order valence-corrected chi connectivity index (χ3v) is 7.09. The summed E-state index contributed by atoms with van der Waals surface area (Å²) in [6.45, 7) is 4.59. The lowest BCUT2D eigenvalue weighted by Crippen LogP contribution is -2.48. The van der Waals surface area contributed by atoms with Gasteiger partial charge in [-0.15, -0.1) is 11.8 Å². The number of hydrogen-bond acceptors (Lipinski definition) is 6. The molecule has 2 fully saturated rings. The number of thiazole rings is 1. The fourth-order valence-corrected chi connectivity index (χ4v) is 5.75. The number of thioether (sulfide) groups is 1. The highest BCUT2D eigenvalue weighted by Crippen LogP contribution is 2.47. The number of nitrogens with zero attached hydrogens (tertiary/aromatic N) is 2. The van der Waals surface area contributed by atoms with E-state index in [-0.39, 0.29) is 16.7 Å². The molecule has 4 rings (SSSR count). The first-order valence-corrected chi connectivity index (χ1v) is 10.1. The van der Waals surface area contributed by atoms with E-state index in [9.17, 15) is 9.59 Å². The van der Waals surface area contributed by atoms with E-state index in [2.05, 4.69) is 10.3 Å². The van der Waals surface area contributed by atoms with Crippen LogP contribution in [0.5, 0.6) is 5.75 Å². The van der Waals surface area contributed by atoms with Crippen LogP contribution in [0.15, 0.2) is 18.2 Å². The van der Waals surface area contributed by atoms with Gasteiger partial charge >= 0.3 is 0 Å². The summed E-state index contributed by atoms with van der Waals surface area (Å²) in [6.07, 6.45) is 1.33. The first kappa shape index (κ1) is 16.7. The standard InChI is InChI=1S/C17H19N3O3S2/c1-3-23-10-4-5-11-13(8-10)25-16(18-11)19-15(22)12-9-24-17(2)7-6-14(21)20(12)17/h4-5,8,12H,3,6-7,9H2,1-2H3,(H,18,19,22)/t12-,17-/m1/s1. The number of amides is 2. The maximum atomic E-state index is 12.7. The van der Waals surface area contributed by atoms with E-state index in [0.717, 1.165) is 22.4 Å². The highest BCUT2D eigenvalue weighted by atomic mass is 32.2. The maximum absolute atomic E-state index is 12.7. The van der Waals surface area contributed by atoms with E-state index in [1.54, 1.807) is 16.7 Å². The van der Waals surface area contributed by atoms with E-state index in [0.29, 0.717) is 23.9 Å². The molecule has 1 aromatic carbocycles. The third kappa shape index (κ3) is 2.87. The normalized spacial score (nSPS) is 25.4. The summed E-state index contributed by atoms with van der Waals surface area (Å²) >= 11 is 3.11. The molecule has 0 unspecified atom stereocenters. The largest absolute Gasteiger partial charge is 0.494 e. The Morgan fingerprint density at radius 1 is 1.52 bits per heavy atom. The number of anilines is 1. The number of nitrogens with one attached hydrogen (secondary N) is 1. The van der Waals surface area contributed by atoms with Gasteiger partial charge in [-0.25, -0.2) is 4.98 Å². The van der Waals surface area contributed by atoms with Crippen molar-refractivity contribution >= 4 is 50.3 Å². The molecule has 2 amide bonds. The van der Waals surface area contributed by atoms with Gasteiger partial charge in [-0.1, -0.05) is 11.3 Å². The first-order chi connectivity index (χ1) is 12.0. The molecule has 0 saturated carbocycles. The van der Waals surface area contributed by atoms with Gasteiger partial charge in [-0.2, -0.15) is 0 Å². The van der Waals surface area contributed by atoms with E-state index < -0.39 is 6.04 Å². The van der Waals surface area contributed by atoms with Crippen LogP contribution in [-0.2, 0) is 9.59 Å². The van der Waals surface area contributed by atoms with Gasteiger partial charge in [0.2, 0.25) is 11.8 Å². The van der Waals surface area contributed by atoms with E-state index in [1.807, 2.05) is 32.0 Å². The summed E-state index contributed by atoms with van der Waals surface area (Å²) in [5, 5.41) is 3.45. The molecule has 2 aromatic rings. The summed E-state index contributed by atoms with van der Waals surface area (Å²) < 4.78 is 6.46. The van der Waals surface area contributed by atoms with Crippen molar-refractivity contribution in [1.29, 1.82) is 0 Å². The van der Waals surface area contributed by atoms with Crippen molar-refractivity contribution in [3.63, 3.8) is 0 Å². The van der Waals surface area contributed by atoms with Gasteiger partial charge in [0.1, 0.15) is 11.8 Å². The zero-order valence-electron chi connectivity index (χ0n) is 14.1. The molecule has 0 spiro atoms. The Hall–Kier alpha value is -1.80. The number of carbonyl (C=O) groups is 2. The molecule has 2 aliphatic heterocycles. The molecule has 0 radical (unpaired) electrons. The van der Waals surface area contributed by atoms with Crippen molar-refractivity contribution in [2.45, 2.75) is 37.6 Å². The Balaban J connectivity index is 1.53. The van der Waals surface area contributed by atoms with Gasteiger partial charge in [0, 0.05) is 12.2 Å². The average Bonchev–Trinajstić information content (AvgIpc) is 3.21. The minimum atomic E-state index is -0.420. The zero-order chi connectivity index (χ0) is 17.6. The summed E-state index contributed by atoms with van der Waals surface area (Å²) in [4.78, 5) is 30.9. The lowest BCUT2D eigenvalue weighted by atomic mass is 10.2. The SMILES string of the molecule is CCOc1ccc2nc(NC(=O)[C@H]3CS[C@]4(C)CCC(=O)N34)sc2c1. The number of hydrogen-bond donors (Lipinski definition) is 1. The van der Waals surface area contributed by atoms with Gasteiger partial charge in [0.25, 0.3) is 0 Å². The molecule has 3 heterocycles. The van der Waals surface area contributed by atoms with Crippen LogP contribution in [0.4, 0.5) is 5.13 Å². The second-order valence-corrected chi connectivity index (χ2v) is 8.87. The summed E-state index contributed by atoms with van der Waals surface area (Å²) in [6, 6.07) is 5.27. The van der Waals surface area contributed by atoms with Crippen LogP contribution in [0, 0.1) is 0 Å². The molecule has 2 saturated heterocycles. The quantitative estimate of drug-likeness (QED) is 0.887. The molecule has 1 aromatic heterocycles. The topological polar surface area (TPSA) is 71.5 Å². The number of ether oxygens (including phenoxy) is 1. The monoisotopic (exact) mass is 377 g/mol. The van der Waals surface area contributed by atoms with Crippen LogP contribution >= 0.6 is 23.1 Å². The molecular weight excluding hydrogens is 358 g/mol. The smallest absolute Gasteiger partial charge is 0.249 e. The van der Waals surface area contributed by atoms with Crippen molar-refractivity contribution in [3.05, 3.63) is 18.2 Å². The summed E-state index contributed by atoms with van der Waals surface area (Å²) in [7, 11) is 0. The first-order valence-electron chi connectivity index (χ1n) is 8.30. The number of fused-ring (bicyclic) bond motifs is 2. The fraction of sp³-hybridized carbons (Fsp3) is 0.471. The van der Waals surface area contributed by atoms with Crippen molar-refractivity contribution in [2.24, 2.45) is 0 Å². The Bertz CT molecular complexity index is 853. The number of benzene rings is 1. The van der Waals surface area contributed by atoms with Crippen molar-refractivity contribution in [1.82, 2.24) is 9.88 Å². The summed E-state index contributed by atoms with van der Waals surface area (Å²) in [5.41, 5.74) is 0.826. The molecule has 25 heavy (non-hydrogen) atoms. The number of aromatic nitrogens is 1. The molecule has 1 N–H and O–H groups in total. The average molecular weight is 377 g/mol. The molecule has 2 aliphatic rings. The van der Waals surface area contributed by atoms with Crippen molar-refractivity contribution < 1.29 is 14.3 Å². The van der Waals surface area contributed by atoms with Gasteiger partial charge in [0.05, 0.1) is 21.7 Å². The van der Waals surface area contributed by atoms with Crippen LogP contribution in [-0.4, -0.2) is 45.0 Å². The predicted octanol–water partition coefficient (Wildman–Crippen LogP) is 3.09. The Kier molecular flexibility index (Phi) is 4.11. The van der Waals surface area contributed by atoms with Crippen LogP contribution < -0.4 is 10.1 Å². The van der Waals surface area contributed by atoms with Crippen LogP contribution in [0.1, 0.15) is 26.7 Å². The lowest BCUT2D eigenvalue weighted by molar-refractivity contribution is -0.135. The van der Waals surface area contributed by atoms with Crippen molar-refractivity contribution in [2.75, 3.05) is 17.7 Å². The third-order valence-electron chi connectivity index (χ3n) is 4.65. The molecule has 0 aliphatic carbocycles. The number of carbonyl (C=O) groups excluding carboxylic acids is 2. The molecule has 0 bridgehead atoms. The molecule has 6 nitrogen and oxygen atoms in total.